The number of nitrogens with one attached hydrogen (secondary N) is 1. The minimum Gasteiger partial charge on any atom is -0.479 e. The molecule has 0 fully saturated rings. The molecule has 0 spiro atoms. The summed E-state index contributed by atoms with van der Waals surface area (Å²) in [6.45, 7) is 6.18. The Hall–Kier alpha value is -0.700. The van der Waals surface area contributed by atoms with Crippen molar-refractivity contribution < 1.29 is 4.74 Å². The molecule has 0 aromatic carbocycles. The highest BCUT2D eigenvalue weighted by molar-refractivity contribution is 6.32. The normalized spacial score (nSPS) is 11.8. The second-order valence-electron chi connectivity index (χ2n) is 3.67. The first kappa shape index (κ1) is 9.39. The molecular formula is C8H13ClN2O. The van der Waals surface area contributed by atoms with E-state index in [4.69, 9.17) is 16.3 Å². The fourth-order valence-electron chi connectivity index (χ4n) is 0.944. The molecule has 0 bridgehead atoms. The van der Waals surface area contributed by atoms with E-state index in [1.807, 2.05) is 0 Å². The summed E-state index contributed by atoms with van der Waals surface area (Å²) in [5.41, 5.74) is 0.877. The lowest BCUT2D eigenvalue weighted by Gasteiger charge is -2.15. The van der Waals surface area contributed by atoms with Gasteiger partial charge < -0.3 is 4.74 Å². The minimum atomic E-state index is -0.0269. The summed E-state index contributed by atoms with van der Waals surface area (Å²) in [6.07, 6.45) is 0. The molecule has 0 amide bonds. The van der Waals surface area contributed by atoms with Crippen LogP contribution in [0.2, 0.25) is 5.02 Å². The van der Waals surface area contributed by atoms with Crippen LogP contribution >= 0.6 is 11.6 Å². The Morgan fingerprint density at radius 2 is 2.00 bits per heavy atom. The fraction of sp³-hybridized carbons (Fsp3) is 0.625. The third-order valence-corrected chi connectivity index (χ3v) is 1.97. The van der Waals surface area contributed by atoms with Gasteiger partial charge in [-0.15, -0.1) is 5.10 Å². The quantitative estimate of drug-likeness (QED) is 0.735. The van der Waals surface area contributed by atoms with E-state index in [0.717, 1.165) is 5.69 Å². The molecule has 0 radical (unpaired) electrons. The number of H-pyrrole nitrogens is 1. The SMILES string of the molecule is COc1n[nH]c(C(C)(C)C)c1Cl. The van der Waals surface area contributed by atoms with E-state index in [1.165, 1.54) is 0 Å². The Labute approximate surface area is 77.1 Å². The van der Waals surface area contributed by atoms with Gasteiger partial charge in [0.15, 0.2) is 0 Å². The van der Waals surface area contributed by atoms with E-state index in [2.05, 4.69) is 31.0 Å². The monoisotopic (exact) mass is 188 g/mol. The zero-order chi connectivity index (χ0) is 9.35. The highest BCUT2D eigenvalue weighted by Crippen LogP contribution is 2.33. The van der Waals surface area contributed by atoms with Gasteiger partial charge in [0, 0.05) is 5.41 Å². The van der Waals surface area contributed by atoms with Gasteiger partial charge in [0.2, 0.25) is 0 Å². The number of nitrogens with zero attached hydrogens (tertiary/aromatic N) is 1. The zero-order valence-corrected chi connectivity index (χ0v) is 8.49. The van der Waals surface area contributed by atoms with Crippen molar-refractivity contribution in [2.24, 2.45) is 0 Å². The molecule has 1 aromatic heterocycles. The van der Waals surface area contributed by atoms with E-state index in [0.29, 0.717) is 10.9 Å². The lowest BCUT2D eigenvalue weighted by atomic mass is 9.92. The van der Waals surface area contributed by atoms with Crippen molar-refractivity contribution in [1.29, 1.82) is 0 Å². The number of rotatable bonds is 1. The second kappa shape index (κ2) is 2.98. The molecule has 68 valence electrons. The van der Waals surface area contributed by atoms with E-state index >= 15 is 0 Å². The third kappa shape index (κ3) is 1.55. The van der Waals surface area contributed by atoms with Crippen LogP contribution in [0.3, 0.4) is 0 Å². The molecule has 0 aliphatic heterocycles. The van der Waals surface area contributed by atoms with Gasteiger partial charge in [-0.25, -0.2) is 0 Å². The van der Waals surface area contributed by atoms with Gasteiger partial charge in [0.1, 0.15) is 5.02 Å². The molecule has 0 atom stereocenters. The van der Waals surface area contributed by atoms with Gasteiger partial charge in [-0.1, -0.05) is 32.4 Å². The van der Waals surface area contributed by atoms with Crippen molar-refractivity contribution in [3.05, 3.63) is 10.7 Å². The fourth-order valence-corrected chi connectivity index (χ4v) is 1.39. The van der Waals surface area contributed by atoms with Gasteiger partial charge >= 0.3 is 0 Å². The summed E-state index contributed by atoms with van der Waals surface area (Å²) in [5.74, 6) is 0.460. The lowest BCUT2D eigenvalue weighted by molar-refractivity contribution is 0.397. The van der Waals surface area contributed by atoms with Gasteiger partial charge in [-0.3, -0.25) is 5.10 Å². The molecule has 0 aliphatic rings. The van der Waals surface area contributed by atoms with Gasteiger partial charge in [0.05, 0.1) is 12.8 Å². The predicted octanol–water partition coefficient (Wildman–Crippen LogP) is 2.37. The van der Waals surface area contributed by atoms with Crippen molar-refractivity contribution >= 4 is 11.6 Å². The molecule has 12 heavy (non-hydrogen) atoms. The number of aromatic amines is 1. The van der Waals surface area contributed by atoms with Crippen LogP contribution in [0.4, 0.5) is 0 Å². The van der Waals surface area contributed by atoms with E-state index in [9.17, 15) is 0 Å². The summed E-state index contributed by atoms with van der Waals surface area (Å²) in [7, 11) is 1.55. The van der Waals surface area contributed by atoms with Gasteiger partial charge in [-0.05, 0) is 0 Å². The topological polar surface area (TPSA) is 37.9 Å². The van der Waals surface area contributed by atoms with Crippen LogP contribution in [0.5, 0.6) is 5.88 Å². The number of hydrogen-bond donors (Lipinski definition) is 1. The average Bonchev–Trinajstić information content (AvgIpc) is 2.29. The van der Waals surface area contributed by atoms with E-state index in [-0.39, 0.29) is 5.41 Å². The summed E-state index contributed by atoms with van der Waals surface area (Å²) in [5, 5.41) is 7.35. The number of aromatic nitrogens is 2. The summed E-state index contributed by atoms with van der Waals surface area (Å²) < 4.78 is 4.95. The van der Waals surface area contributed by atoms with Gasteiger partial charge in [0.25, 0.3) is 5.88 Å². The third-order valence-electron chi connectivity index (χ3n) is 1.62. The molecule has 3 nitrogen and oxygen atoms in total. The van der Waals surface area contributed by atoms with Crippen molar-refractivity contribution in [3.8, 4) is 5.88 Å². The smallest absolute Gasteiger partial charge is 0.251 e. The summed E-state index contributed by atoms with van der Waals surface area (Å²) >= 11 is 5.99. The van der Waals surface area contributed by atoms with E-state index < -0.39 is 0 Å². The van der Waals surface area contributed by atoms with Crippen LogP contribution in [0, 0.1) is 0 Å². The summed E-state index contributed by atoms with van der Waals surface area (Å²) in [6, 6.07) is 0. The Morgan fingerprint density at radius 1 is 1.42 bits per heavy atom. The molecule has 1 N–H and O–H groups in total. The van der Waals surface area contributed by atoms with Crippen molar-refractivity contribution in [2.45, 2.75) is 26.2 Å². The maximum Gasteiger partial charge on any atom is 0.251 e. The maximum absolute atomic E-state index is 5.99. The zero-order valence-electron chi connectivity index (χ0n) is 7.73. The van der Waals surface area contributed by atoms with Crippen LogP contribution in [-0.4, -0.2) is 17.3 Å². The van der Waals surface area contributed by atoms with Crippen LogP contribution in [0.15, 0.2) is 0 Å². The molecule has 0 aliphatic carbocycles. The Kier molecular flexibility index (Phi) is 2.33. The number of halogens is 1. The lowest BCUT2D eigenvalue weighted by Crippen LogP contribution is -2.12. The Morgan fingerprint density at radius 3 is 2.25 bits per heavy atom. The van der Waals surface area contributed by atoms with Crippen LogP contribution in [0.1, 0.15) is 26.5 Å². The number of ether oxygens (including phenoxy) is 1. The van der Waals surface area contributed by atoms with Crippen molar-refractivity contribution in [1.82, 2.24) is 10.2 Å². The molecule has 0 saturated heterocycles. The Bertz CT molecular complexity index is 275. The average molecular weight is 189 g/mol. The van der Waals surface area contributed by atoms with Gasteiger partial charge in [-0.2, -0.15) is 0 Å². The van der Waals surface area contributed by atoms with Crippen LogP contribution in [0.25, 0.3) is 0 Å². The molecule has 0 unspecified atom stereocenters. The molecule has 1 aromatic rings. The number of methoxy groups -OCH3 is 1. The van der Waals surface area contributed by atoms with Crippen LogP contribution < -0.4 is 4.74 Å². The molecule has 1 heterocycles. The van der Waals surface area contributed by atoms with Crippen molar-refractivity contribution in [2.75, 3.05) is 7.11 Å². The highest BCUT2D eigenvalue weighted by atomic mass is 35.5. The first-order chi connectivity index (χ1) is 5.46. The number of hydrogen-bond acceptors (Lipinski definition) is 2. The standard InChI is InChI=1S/C8H13ClN2O/c1-8(2,3)6-5(9)7(12-4)11-10-6/h1-4H3,(H,10,11). The highest BCUT2D eigenvalue weighted by Gasteiger charge is 2.22. The van der Waals surface area contributed by atoms with E-state index in [1.54, 1.807) is 7.11 Å². The first-order valence-corrected chi connectivity index (χ1v) is 4.13. The maximum atomic E-state index is 5.99. The predicted molar refractivity (Wildman–Crippen MR) is 48.8 cm³/mol. The minimum absolute atomic E-state index is 0.0269. The summed E-state index contributed by atoms with van der Waals surface area (Å²) in [4.78, 5) is 0. The second-order valence-corrected chi connectivity index (χ2v) is 4.05. The molecule has 1 rings (SSSR count). The van der Waals surface area contributed by atoms with Crippen LogP contribution in [-0.2, 0) is 5.41 Å². The molecular weight excluding hydrogens is 176 g/mol. The van der Waals surface area contributed by atoms with Crippen molar-refractivity contribution in [3.63, 3.8) is 0 Å². The molecule has 0 saturated carbocycles. The molecule has 4 heteroatoms. The Balaban J connectivity index is 3.11. The first-order valence-electron chi connectivity index (χ1n) is 3.75. The largest absolute Gasteiger partial charge is 0.479 e.